The van der Waals surface area contributed by atoms with Crippen LogP contribution in [0.15, 0.2) is 6.20 Å². The maximum Gasteiger partial charge on any atom is 0.0540 e. The van der Waals surface area contributed by atoms with E-state index in [2.05, 4.69) is 31.2 Å². The van der Waals surface area contributed by atoms with E-state index in [0.717, 1.165) is 5.92 Å². The predicted octanol–water partition coefficient (Wildman–Crippen LogP) is 2.57. The van der Waals surface area contributed by atoms with Gasteiger partial charge in [-0.25, -0.2) is 0 Å². The van der Waals surface area contributed by atoms with Gasteiger partial charge in [-0.3, -0.25) is 4.68 Å². The van der Waals surface area contributed by atoms with Crippen LogP contribution in [0.25, 0.3) is 0 Å². The highest BCUT2D eigenvalue weighted by Crippen LogP contribution is 2.35. The molecule has 1 aromatic rings. The van der Waals surface area contributed by atoms with Crippen molar-refractivity contribution < 1.29 is 0 Å². The van der Waals surface area contributed by atoms with Gasteiger partial charge in [0.1, 0.15) is 0 Å². The van der Waals surface area contributed by atoms with Crippen LogP contribution < -0.4 is 5.32 Å². The molecule has 0 radical (unpaired) electrons. The van der Waals surface area contributed by atoms with E-state index in [9.17, 15) is 0 Å². The molecule has 1 fully saturated rings. The van der Waals surface area contributed by atoms with E-state index in [4.69, 9.17) is 0 Å². The maximum atomic E-state index is 4.31. The van der Waals surface area contributed by atoms with E-state index >= 15 is 0 Å². The van der Waals surface area contributed by atoms with Crippen LogP contribution in [0.2, 0.25) is 0 Å². The number of hydrogen-bond donors (Lipinski definition) is 1. The van der Waals surface area contributed by atoms with Gasteiger partial charge in [0.15, 0.2) is 0 Å². The van der Waals surface area contributed by atoms with Crippen molar-refractivity contribution in [1.82, 2.24) is 15.1 Å². The molecule has 1 aromatic heterocycles. The van der Waals surface area contributed by atoms with E-state index in [0.29, 0.717) is 12.1 Å². The molecule has 2 atom stereocenters. The first-order valence-corrected chi connectivity index (χ1v) is 6.38. The smallest absolute Gasteiger partial charge is 0.0540 e. The summed E-state index contributed by atoms with van der Waals surface area (Å²) >= 11 is 0. The lowest BCUT2D eigenvalue weighted by Gasteiger charge is -2.22. The molecule has 16 heavy (non-hydrogen) atoms. The molecular formula is C13H23N3. The average Bonchev–Trinajstić information content (AvgIpc) is 3.04. The predicted molar refractivity (Wildman–Crippen MR) is 66.3 cm³/mol. The molecule has 2 unspecified atom stereocenters. The Bertz CT molecular complexity index is 352. The minimum Gasteiger partial charge on any atom is -0.307 e. The minimum absolute atomic E-state index is 0.416. The topological polar surface area (TPSA) is 29.9 Å². The van der Waals surface area contributed by atoms with Gasteiger partial charge in [0.05, 0.1) is 6.20 Å². The molecule has 1 aliphatic rings. The summed E-state index contributed by atoms with van der Waals surface area (Å²) in [5, 5.41) is 8.05. The van der Waals surface area contributed by atoms with E-state index < -0.39 is 0 Å². The SMILES string of the molecule is CCC(NC(C)c1cnn(C)c1C)C1CC1. The molecular weight excluding hydrogens is 198 g/mol. The van der Waals surface area contributed by atoms with Gasteiger partial charge in [0, 0.05) is 30.4 Å². The first-order valence-electron chi connectivity index (χ1n) is 6.38. The van der Waals surface area contributed by atoms with Crippen molar-refractivity contribution in [2.24, 2.45) is 13.0 Å². The average molecular weight is 221 g/mol. The van der Waals surface area contributed by atoms with Crippen LogP contribution in [0.4, 0.5) is 0 Å². The summed E-state index contributed by atoms with van der Waals surface area (Å²) in [6.07, 6.45) is 6.04. The molecule has 1 saturated carbocycles. The molecule has 0 aromatic carbocycles. The van der Waals surface area contributed by atoms with Gasteiger partial charge < -0.3 is 5.32 Å². The zero-order valence-corrected chi connectivity index (χ0v) is 10.8. The van der Waals surface area contributed by atoms with Crippen LogP contribution in [-0.2, 0) is 7.05 Å². The molecule has 1 N–H and O–H groups in total. The van der Waals surface area contributed by atoms with Crippen molar-refractivity contribution in [3.8, 4) is 0 Å². The molecule has 90 valence electrons. The van der Waals surface area contributed by atoms with Crippen molar-refractivity contribution in [2.75, 3.05) is 0 Å². The number of nitrogens with one attached hydrogen (secondary N) is 1. The number of aromatic nitrogens is 2. The fourth-order valence-corrected chi connectivity index (χ4v) is 2.44. The Labute approximate surface area is 98.2 Å². The van der Waals surface area contributed by atoms with Crippen molar-refractivity contribution in [3.05, 3.63) is 17.5 Å². The van der Waals surface area contributed by atoms with Crippen molar-refractivity contribution in [1.29, 1.82) is 0 Å². The highest BCUT2D eigenvalue weighted by molar-refractivity contribution is 5.20. The molecule has 2 rings (SSSR count). The minimum atomic E-state index is 0.416. The van der Waals surface area contributed by atoms with E-state index in [1.54, 1.807) is 0 Å². The van der Waals surface area contributed by atoms with Crippen LogP contribution in [-0.4, -0.2) is 15.8 Å². The van der Waals surface area contributed by atoms with Gasteiger partial charge in [-0.05, 0) is 39.0 Å². The normalized spacial score (nSPS) is 19.8. The largest absolute Gasteiger partial charge is 0.307 e. The lowest BCUT2D eigenvalue weighted by molar-refractivity contribution is 0.404. The molecule has 0 spiro atoms. The second-order valence-electron chi connectivity index (χ2n) is 5.05. The number of hydrogen-bond acceptors (Lipinski definition) is 2. The summed E-state index contributed by atoms with van der Waals surface area (Å²) in [7, 11) is 2.00. The summed E-state index contributed by atoms with van der Waals surface area (Å²) < 4.78 is 1.95. The fourth-order valence-electron chi connectivity index (χ4n) is 2.44. The van der Waals surface area contributed by atoms with E-state index in [-0.39, 0.29) is 0 Å². The Balaban J connectivity index is 2.01. The third-order valence-corrected chi connectivity index (χ3v) is 3.83. The Morgan fingerprint density at radius 1 is 1.56 bits per heavy atom. The Kier molecular flexibility index (Phi) is 3.33. The lowest BCUT2D eigenvalue weighted by atomic mass is 10.1. The summed E-state index contributed by atoms with van der Waals surface area (Å²) in [6.45, 7) is 6.66. The third-order valence-electron chi connectivity index (χ3n) is 3.83. The second-order valence-corrected chi connectivity index (χ2v) is 5.05. The second kappa shape index (κ2) is 4.58. The number of aryl methyl sites for hydroxylation is 1. The summed E-state index contributed by atoms with van der Waals surface area (Å²) in [5.74, 6) is 0.921. The first kappa shape index (κ1) is 11.6. The molecule has 1 heterocycles. The summed E-state index contributed by atoms with van der Waals surface area (Å²) in [4.78, 5) is 0. The van der Waals surface area contributed by atoms with Gasteiger partial charge in [0.2, 0.25) is 0 Å². The number of rotatable bonds is 5. The van der Waals surface area contributed by atoms with Crippen LogP contribution in [0.3, 0.4) is 0 Å². The molecule has 0 saturated heterocycles. The molecule has 3 nitrogen and oxygen atoms in total. The zero-order chi connectivity index (χ0) is 11.7. The first-order chi connectivity index (χ1) is 7.63. The van der Waals surface area contributed by atoms with Crippen molar-refractivity contribution in [3.63, 3.8) is 0 Å². The Morgan fingerprint density at radius 3 is 2.69 bits per heavy atom. The van der Waals surface area contributed by atoms with Gasteiger partial charge in [0.25, 0.3) is 0 Å². The van der Waals surface area contributed by atoms with E-state index in [1.165, 1.54) is 30.5 Å². The van der Waals surface area contributed by atoms with Gasteiger partial charge >= 0.3 is 0 Å². The highest BCUT2D eigenvalue weighted by Gasteiger charge is 2.31. The quantitative estimate of drug-likeness (QED) is 0.828. The van der Waals surface area contributed by atoms with Crippen molar-refractivity contribution in [2.45, 2.75) is 52.1 Å². The Hall–Kier alpha value is -0.830. The fraction of sp³-hybridized carbons (Fsp3) is 0.769. The van der Waals surface area contributed by atoms with Crippen molar-refractivity contribution >= 4 is 0 Å². The third kappa shape index (κ3) is 2.29. The monoisotopic (exact) mass is 221 g/mol. The zero-order valence-electron chi connectivity index (χ0n) is 10.8. The Morgan fingerprint density at radius 2 is 2.25 bits per heavy atom. The van der Waals surface area contributed by atoms with E-state index in [1.807, 2.05) is 17.9 Å². The maximum absolute atomic E-state index is 4.31. The van der Waals surface area contributed by atoms with Gasteiger partial charge in [-0.1, -0.05) is 6.92 Å². The number of nitrogens with zero attached hydrogens (tertiary/aromatic N) is 2. The highest BCUT2D eigenvalue weighted by atomic mass is 15.3. The molecule has 0 aliphatic heterocycles. The molecule has 3 heteroatoms. The molecule has 0 bridgehead atoms. The lowest BCUT2D eigenvalue weighted by Crippen LogP contribution is -2.32. The molecule has 0 amide bonds. The van der Waals surface area contributed by atoms with Crippen LogP contribution in [0.5, 0.6) is 0 Å². The van der Waals surface area contributed by atoms with Gasteiger partial charge in [-0.15, -0.1) is 0 Å². The summed E-state index contributed by atoms with van der Waals surface area (Å²) in [5.41, 5.74) is 2.60. The standard InChI is InChI=1S/C13H23N3/c1-5-13(11-6-7-11)15-9(2)12-8-14-16(4)10(12)3/h8-9,11,13,15H,5-7H2,1-4H3. The van der Waals surface area contributed by atoms with Crippen LogP contribution in [0, 0.1) is 12.8 Å². The van der Waals surface area contributed by atoms with Crippen LogP contribution in [0.1, 0.15) is 50.4 Å². The van der Waals surface area contributed by atoms with Crippen LogP contribution >= 0.6 is 0 Å². The molecule has 1 aliphatic carbocycles. The summed E-state index contributed by atoms with van der Waals surface area (Å²) in [6, 6.07) is 1.11. The van der Waals surface area contributed by atoms with Gasteiger partial charge in [-0.2, -0.15) is 5.10 Å².